The van der Waals surface area contributed by atoms with Gasteiger partial charge >= 0.3 is 0 Å². The summed E-state index contributed by atoms with van der Waals surface area (Å²) < 4.78 is 17.2. The number of hydrogen-bond acceptors (Lipinski definition) is 5. The van der Waals surface area contributed by atoms with Gasteiger partial charge in [-0.05, 0) is 62.1 Å². The summed E-state index contributed by atoms with van der Waals surface area (Å²) in [6.45, 7) is 8.97. The van der Waals surface area contributed by atoms with Gasteiger partial charge in [0, 0.05) is 36.9 Å². The molecule has 2 heterocycles. The number of hydrogen-bond donors (Lipinski definition) is 1. The fraction of sp³-hybridized carbons (Fsp3) is 0.480. The smallest absolute Gasteiger partial charge is 0.253 e. The minimum Gasteiger partial charge on any atom is -0.488 e. The summed E-state index contributed by atoms with van der Waals surface area (Å²) in [7, 11) is 3.02. The summed E-state index contributed by atoms with van der Waals surface area (Å²) in [6, 6.07) is 11.7. The van der Waals surface area contributed by atoms with E-state index in [1.54, 1.807) is 0 Å². The van der Waals surface area contributed by atoms with E-state index >= 15 is 0 Å². The molecule has 2 aromatic carbocycles. The molecule has 1 unspecified atom stereocenters. The minimum absolute atomic E-state index is 0.100. The average molecular weight is 457 g/mol. The Morgan fingerprint density at radius 3 is 2.69 bits per heavy atom. The van der Waals surface area contributed by atoms with Gasteiger partial charge in [-0.3, -0.25) is 4.79 Å². The molecule has 172 valence electrons. The van der Waals surface area contributed by atoms with Crippen LogP contribution in [0.4, 0.5) is 0 Å². The van der Waals surface area contributed by atoms with Crippen LogP contribution >= 0.6 is 9.24 Å². The van der Waals surface area contributed by atoms with E-state index in [1.165, 1.54) is 5.56 Å². The summed E-state index contributed by atoms with van der Waals surface area (Å²) in [5.41, 5.74) is 3.17. The maximum Gasteiger partial charge on any atom is 0.253 e. The summed E-state index contributed by atoms with van der Waals surface area (Å²) in [4.78, 5) is 14.9. The maximum atomic E-state index is 12.9. The van der Waals surface area contributed by atoms with Crippen LogP contribution in [0.15, 0.2) is 36.4 Å². The Hall–Kier alpha value is -2.30. The van der Waals surface area contributed by atoms with Crippen molar-refractivity contribution in [1.82, 2.24) is 10.2 Å². The third-order valence-corrected chi connectivity index (χ3v) is 7.13. The van der Waals surface area contributed by atoms with Crippen molar-refractivity contribution < 1.29 is 19.0 Å². The van der Waals surface area contributed by atoms with E-state index in [1.807, 2.05) is 41.3 Å². The van der Waals surface area contributed by atoms with Crippen molar-refractivity contribution >= 4 is 15.1 Å². The van der Waals surface area contributed by atoms with Crippen LogP contribution in [0.1, 0.15) is 34.3 Å². The van der Waals surface area contributed by atoms with Crippen LogP contribution in [0.5, 0.6) is 17.2 Å². The van der Waals surface area contributed by atoms with Crippen LogP contribution in [-0.2, 0) is 0 Å². The Kier molecular flexibility index (Phi) is 7.22. The second-order valence-corrected chi connectivity index (χ2v) is 9.98. The molecule has 0 bridgehead atoms. The van der Waals surface area contributed by atoms with E-state index < -0.39 is 0 Å². The Morgan fingerprint density at radius 2 is 1.91 bits per heavy atom. The molecule has 2 aromatic rings. The molecule has 0 aromatic heterocycles. The molecule has 0 spiro atoms. The number of fused-ring (bicyclic) bond motifs is 1. The fourth-order valence-corrected chi connectivity index (χ4v) is 4.52. The zero-order valence-electron chi connectivity index (χ0n) is 19.0. The number of benzene rings is 2. The SMILES string of the molecule is Cc1ccc(C(=O)N2CCC(P)(CNCCOc3cccc4c3OCCO4)CC2)cc1C. The lowest BCUT2D eigenvalue weighted by Gasteiger charge is -2.39. The second kappa shape index (κ2) is 10.1. The molecular formula is C25H33N2O4P. The molecule has 1 amide bonds. The van der Waals surface area contributed by atoms with Gasteiger partial charge < -0.3 is 24.4 Å². The molecule has 1 N–H and O–H groups in total. The summed E-state index contributed by atoms with van der Waals surface area (Å²) in [5, 5.41) is 3.61. The summed E-state index contributed by atoms with van der Waals surface area (Å²) >= 11 is 0. The zero-order chi connectivity index (χ0) is 22.6. The molecule has 2 aliphatic rings. The predicted molar refractivity (Wildman–Crippen MR) is 129 cm³/mol. The number of para-hydroxylation sites is 1. The first-order chi connectivity index (χ1) is 15.5. The highest BCUT2D eigenvalue weighted by Gasteiger charge is 2.32. The Bertz CT molecular complexity index is 957. The molecule has 1 saturated heterocycles. The van der Waals surface area contributed by atoms with E-state index in [9.17, 15) is 4.79 Å². The van der Waals surface area contributed by atoms with Crippen molar-refractivity contribution in [3.8, 4) is 17.2 Å². The summed E-state index contributed by atoms with van der Waals surface area (Å²) in [5.74, 6) is 2.30. The number of nitrogens with one attached hydrogen (secondary N) is 1. The average Bonchev–Trinajstić information content (AvgIpc) is 2.81. The zero-order valence-corrected chi connectivity index (χ0v) is 20.1. The maximum absolute atomic E-state index is 12.9. The van der Waals surface area contributed by atoms with Crippen molar-refractivity contribution in [2.24, 2.45) is 0 Å². The van der Waals surface area contributed by atoms with Crippen molar-refractivity contribution in [2.75, 3.05) is 46.0 Å². The lowest BCUT2D eigenvalue weighted by molar-refractivity contribution is 0.0703. The first-order valence-corrected chi connectivity index (χ1v) is 11.9. The van der Waals surface area contributed by atoms with Crippen molar-refractivity contribution in [3.63, 3.8) is 0 Å². The number of nitrogens with zero attached hydrogens (tertiary/aromatic N) is 1. The molecule has 1 fully saturated rings. The fourth-order valence-electron chi connectivity index (χ4n) is 4.12. The number of rotatable bonds is 7. The number of amides is 1. The number of piperidine rings is 1. The topological polar surface area (TPSA) is 60.0 Å². The van der Waals surface area contributed by atoms with Gasteiger partial charge in [-0.15, -0.1) is 9.24 Å². The molecular weight excluding hydrogens is 423 g/mol. The number of aryl methyl sites for hydroxylation is 2. The van der Waals surface area contributed by atoms with Gasteiger partial charge in [0.25, 0.3) is 5.91 Å². The highest BCUT2D eigenvalue weighted by Crippen LogP contribution is 2.38. The van der Waals surface area contributed by atoms with Crippen LogP contribution in [-0.4, -0.2) is 62.0 Å². The van der Waals surface area contributed by atoms with Crippen molar-refractivity contribution in [3.05, 3.63) is 53.1 Å². The highest BCUT2D eigenvalue weighted by molar-refractivity contribution is 7.19. The third-order valence-electron chi connectivity index (χ3n) is 6.34. The number of ether oxygens (including phenoxy) is 3. The Morgan fingerprint density at radius 1 is 1.12 bits per heavy atom. The quantitative estimate of drug-likeness (QED) is 0.510. The van der Waals surface area contributed by atoms with Crippen LogP contribution in [0.2, 0.25) is 0 Å². The molecule has 2 aliphatic heterocycles. The molecule has 32 heavy (non-hydrogen) atoms. The van der Waals surface area contributed by atoms with Gasteiger partial charge in [0.2, 0.25) is 5.75 Å². The molecule has 0 radical (unpaired) electrons. The van der Waals surface area contributed by atoms with Gasteiger partial charge in [-0.25, -0.2) is 0 Å². The largest absolute Gasteiger partial charge is 0.488 e. The minimum atomic E-state index is 0.100. The molecule has 0 aliphatic carbocycles. The van der Waals surface area contributed by atoms with Gasteiger partial charge in [0.05, 0.1) is 0 Å². The van der Waals surface area contributed by atoms with E-state index in [-0.39, 0.29) is 11.1 Å². The molecule has 1 atom stereocenters. The van der Waals surface area contributed by atoms with Gasteiger partial charge in [0.15, 0.2) is 11.5 Å². The van der Waals surface area contributed by atoms with E-state index in [0.717, 1.165) is 61.6 Å². The monoisotopic (exact) mass is 456 g/mol. The van der Waals surface area contributed by atoms with E-state index in [2.05, 4.69) is 28.4 Å². The van der Waals surface area contributed by atoms with E-state index in [4.69, 9.17) is 14.2 Å². The number of likely N-dealkylation sites (tertiary alicyclic amines) is 1. The first kappa shape index (κ1) is 22.9. The van der Waals surface area contributed by atoms with Crippen molar-refractivity contribution in [2.45, 2.75) is 31.8 Å². The lowest BCUT2D eigenvalue weighted by Crippen LogP contribution is -2.48. The van der Waals surface area contributed by atoms with E-state index in [0.29, 0.717) is 25.6 Å². The normalized spacial score (nSPS) is 17.2. The van der Waals surface area contributed by atoms with Crippen LogP contribution in [0.25, 0.3) is 0 Å². The van der Waals surface area contributed by atoms with Gasteiger partial charge in [-0.2, -0.15) is 0 Å². The number of carbonyl (C=O) groups excluding carboxylic acids is 1. The first-order valence-electron chi connectivity index (χ1n) is 11.3. The number of carbonyl (C=O) groups is 1. The summed E-state index contributed by atoms with van der Waals surface area (Å²) in [6.07, 6.45) is 1.92. The molecule has 6 nitrogen and oxygen atoms in total. The molecule has 0 saturated carbocycles. The third kappa shape index (κ3) is 5.36. The highest BCUT2D eigenvalue weighted by atomic mass is 31.0. The van der Waals surface area contributed by atoms with Gasteiger partial charge in [0.1, 0.15) is 19.8 Å². The Balaban J connectivity index is 1.20. The predicted octanol–water partition coefficient (Wildman–Crippen LogP) is 3.59. The van der Waals surface area contributed by atoms with Gasteiger partial charge in [-0.1, -0.05) is 12.1 Å². The van der Waals surface area contributed by atoms with Crippen LogP contribution in [0.3, 0.4) is 0 Å². The molecule has 7 heteroatoms. The van der Waals surface area contributed by atoms with Crippen LogP contribution < -0.4 is 19.5 Å². The van der Waals surface area contributed by atoms with Crippen LogP contribution in [0, 0.1) is 13.8 Å². The second-order valence-electron chi connectivity index (χ2n) is 8.76. The molecule has 4 rings (SSSR count). The van der Waals surface area contributed by atoms with Crippen molar-refractivity contribution in [1.29, 1.82) is 0 Å². The Labute approximate surface area is 192 Å². The standard InChI is InChI=1S/C25H33N2O4P/c1-18-6-7-20(16-19(18)2)24(28)27-11-8-25(32,9-12-27)17-26-10-13-29-21-4-3-5-22-23(21)31-15-14-30-22/h3-7,16,26H,8-15,17,32H2,1-2H3. The lowest BCUT2D eigenvalue weighted by atomic mass is 9.94.